The van der Waals surface area contributed by atoms with E-state index in [1.54, 1.807) is 11.1 Å². The summed E-state index contributed by atoms with van der Waals surface area (Å²) < 4.78 is 0. The molecule has 1 aromatic carbocycles. The van der Waals surface area contributed by atoms with Crippen LogP contribution in [0.2, 0.25) is 0 Å². The number of aryl methyl sites for hydroxylation is 2. The molecule has 0 nitrogen and oxygen atoms in total. The van der Waals surface area contributed by atoms with Gasteiger partial charge in [0.15, 0.2) is 0 Å². The minimum absolute atomic E-state index is 0.928. The molecule has 0 N–H and O–H groups in total. The lowest BCUT2D eigenvalue weighted by molar-refractivity contribution is 0.543. The number of rotatable bonds is 27. The largest absolute Gasteiger partial charge is 0.0654 e. The van der Waals surface area contributed by atoms with E-state index in [0.29, 0.717) is 0 Å². The van der Waals surface area contributed by atoms with Crippen LogP contribution >= 0.6 is 0 Å². The van der Waals surface area contributed by atoms with Crippen molar-refractivity contribution in [1.82, 2.24) is 0 Å². The average molecular weight is 498 g/mol. The Morgan fingerprint density at radius 3 is 0.889 bits per heavy atom. The molecule has 0 saturated heterocycles. The van der Waals surface area contributed by atoms with Crippen LogP contribution in [0.25, 0.3) is 0 Å². The Morgan fingerprint density at radius 2 is 0.611 bits per heavy atom. The molecule has 0 amide bonds. The van der Waals surface area contributed by atoms with Gasteiger partial charge in [-0.1, -0.05) is 173 Å². The molecule has 0 bridgehead atoms. The number of hydrogen-bond acceptors (Lipinski definition) is 0. The molecule has 1 rings (SSSR count). The number of unbranched alkanes of at least 4 members (excludes halogenated alkanes) is 22. The van der Waals surface area contributed by atoms with Gasteiger partial charge in [-0.05, 0) is 55.7 Å². The smallest absolute Gasteiger partial charge is 0.0279 e. The molecule has 1 radical (unpaired) electrons. The third-order valence-corrected chi connectivity index (χ3v) is 8.04. The first-order valence-corrected chi connectivity index (χ1v) is 16.7. The molecular weight excluding hydrogens is 432 g/mol. The Bertz CT molecular complexity index is 525. The fourth-order valence-corrected chi connectivity index (χ4v) is 5.61. The maximum absolute atomic E-state index is 4.17. The molecule has 0 unspecified atom stereocenters. The van der Waals surface area contributed by atoms with Crippen LogP contribution in [-0.2, 0) is 19.3 Å². The molecule has 0 aliphatic rings. The summed E-state index contributed by atoms with van der Waals surface area (Å²) in [4.78, 5) is 0. The van der Waals surface area contributed by atoms with E-state index in [0.717, 1.165) is 6.42 Å². The summed E-state index contributed by atoms with van der Waals surface area (Å²) in [5, 5.41) is 0. The van der Waals surface area contributed by atoms with Gasteiger partial charge in [0, 0.05) is 0 Å². The molecule has 0 aromatic heterocycles. The highest BCUT2D eigenvalue weighted by Gasteiger charge is 2.02. The fraction of sp³-hybridized carbons (Fsp3) is 0.806. The van der Waals surface area contributed by atoms with Gasteiger partial charge in [-0.3, -0.25) is 0 Å². The normalized spacial score (nSPS) is 11.4. The van der Waals surface area contributed by atoms with Gasteiger partial charge in [0.1, 0.15) is 0 Å². The molecule has 0 heterocycles. The Hall–Kier alpha value is -0.780. The van der Waals surface area contributed by atoms with Crippen LogP contribution in [0.5, 0.6) is 0 Å². The zero-order valence-corrected chi connectivity index (χ0v) is 25.0. The standard InChI is InChI=1S/C36H65/c1-4-7-9-11-13-15-17-19-21-23-25-27-29-35-31-34(6-3)32-36(33-35)30-28-26-24-22-20-18-16-14-12-10-8-5-2/h31-33H,3-30H2,1-2H3. The van der Waals surface area contributed by atoms with Crippen molar-refractivity contribution < 1.29 is 0 Å². The lowest BCUT2D eigenvalue weighted by atomic mass is 9.96. The lowest BCUT2D eigenvalue weighted by Crippen LogP contribution is -1.95. The molecule has 1 aromatic rings. The molecule has 0 atom stereocenters. The van der Waals surface area contributed by atoms with Gasteiger partial charge in [0.05, 0.1) is 0 Å². The van der Waals surface area contributed by atoms with E-state index in [1.807, 2.05) is 0 Å². The van der Waals surface area contributed by atoms with Crippen LogP contribution in [-0.4, -0.2) is 0 Å². The maximum atomic E-state index is 4.17. The molecular formula is C36H65. The van der Waals surface area contributed by atoms with Crippen LogP contribution in [0.3, 0.4) is 0 Å². The van der Waals surface area contributed by atoms with Crippen molar-refractivity contribution in [1.29, 1.82) is 0 Å². The molecule has 0 saturated carbocycles. The SMILES string of the molecule is [CH2]Cc1cc(CCCCCCCCCCCCCC)cc(CCCCCCCCCCCCCC)c1. The van der Waals surface area contributed by atoms with Crippen LogP contribution in [0.1, 0.15) is 185 Å². The summed E-state index contributed by atoms with van der Waals surface area (Å²) >= 11 is 0. The third kappa shape index (κ3) is 20.3. The molecule has 0 heteroatoms. The van der Waals surface area contributed by atoms with E-state index < -0.39 is 0 Å². The van der Waals surface area contributed by atoms with Gasteiger partial charge >= 0.3 is 0 Å². The quantitative estimate of drug-likeness (QED) is 0.106. The highest BCUT2D eigenvalue weighted by atomic mass is 14.1. The third-order valence-electron chi connectivity index (χ3n) is 8.04. The second-order valence-corrected chi connectivity index (χ2v) is 11.7. The van der Waals surface area contributed by atoms with Crippen LogP contribution < -0.4 is 0 Å². The lowest BCUT2D eigenvalue weighted by Gasteiger charge is -2.10. The summed E-state index contributed by atoms with van der Waals surface area (Å²) in [6.45, 7) is 8.78. The van der Waals surface area contributed by atoms with Crippen molar-refractivity contribution in [2.75, 3.05) is 0 Å². The predicted molar refractivity (Wildman–Crippen MR) is 165 cm³/mol. The highest BCUT2D eigenvalue weighted by Crippen LogP contribution is 2.19. The van der Waals surface area contributed by atoms with Gasteiger partial charge in [-0.15, -0.1) is 0 Å². The Kier molecular flexibility index (Phi) is 23.9. The van der Waals surface area contributed by atoms with E-state index in [-0.39, 0.29) is 0 Å². The van der Waals surface area contributed by atoms with Crippen LogP contribution in [0, 0.1) is 6.92 Å². The Labute approximate surface area is 228 Å². The first kappa shape index (κ1) is 33.2. The number of hydrogen-bond donors (Lipinski definition) is 0. The van der Waals surface area contributed by atoms with Crippen molar-refractivity contribution in [3.63, 3.8) is 0 Å². The van der Waals surface area contributed by atoms with E-state index >= 15 is 0 Å². The predicted octanol–water partition coefficient (Wildman–Crippen LogP) is 12.6. The van der Waals surface area contributed by atoms with E-state index in [9.17, 15) is 0 Å². The van der Waals surface area contributed by atoms with Crippen molar-refractivity contribution in [3.05, 3.63) is 41.8 Å². The molecule has 0 fully saturated rings. The topological polar surface area (TPSA) is 0 Å². The van der Waals surface area contributed by atoms with Gasteiger partial charge in [0.25, 0.3) is 0 Å². The zero-order chi connectivity index (χ0) is 25.9. The van der Waals surface area contributed by atoms with Crippen LogP contribution in [0.4, 0.5) is 0 Å². The van der Waals surface area contributed by atoms with Gasteiger partial charge in [0.2, 0.25) is 0 Å². The van der Waals surface area contributed by atoms with Crippen molar-refractivity contribution in [3.8, 4) is 0 Å². The number of benzene rings is 1. The summed E-state index contributed by atoms with van der Waals surface area (Å²) in [5.74, 6) is 0. The average Bonchev–Trinajstić information content (AvgIpc) is 2.89. The van der Waals surface area contributed by atoms with Crippen molar-refractivity contribution in [2.45, 2.75) is 187 Å². The second kappa shape index (κ2) is 25.9. The van der Waals surface area contributed by atoms with Gasteiger partial charge in [-0.25, -0.2) is 0 Å². The summed E-state index contributed by atoms with van der Waals surface area (Å²) in [6, 6.07) is 7.37. The highest BCUT2D eigenvalue weighted by molar-refractivity contribution is 5.31. The van der Waals surface area contributed by atoms with E-state index in [1.165, 1.54) is 173 Å². The van der Waals surface area contributed by atoms with Gasteiger partial charge < -0.3 is 0 Å². The van der Waals surface area contributed by atoms with Crippen molar-refractivity contribution in [2.24, 2.45) is 0 Å². The monoisotopic (exact) mass is 498 g/mol. The molecule has 0 aliphatic heterocycles. The molecule has 36 heavy (non-hydrogen) atoms. The van der Waals surface area contributed by atoms with Gasteiger partial charge in [-0.2, -0.15) is 0 Å². The first-order valence-electron chi connectivity index (χ1n) is 16.7. The molecule has 0 spiro atoms. The maximum Gasteiger partial charge on any atom is -0.0279 e. The zero-order valence-electron chi connectivity index (χ0n) is 25.0. The summed E-state index contributed by atoms with van der Waals surface area (Å²) in [6.07, 6.45) is 37.8. The van der Waals surface area contributed by atoms with Crippen LogP contribution in [0.15, 0.2) is 18.2 Å². The van der Waals surface area contributed by atoms with Crippen molar-refractivity contribution >= 4 is 0 Å². The minimum atomic E-state index is 0.928. The summed E-state index contributed by atoms with van der Waals surface area (Å²) in [5.41, 5.74) is 4.58. The minimum Gasteiger partial charge on any atom is -0.0654 e. The first-order chi connectivity index (χ1) is 17.8. The second-order valence-electron chi connectivity index (χ2n) is 11.7. The molecule has 0 aliphatic carbocycles. The fourth-order valence-electron chi connectivity index (χ4n) is 5.61. The Balaban J connectivity index is 2.06. The van der Waals surface area contributed by atoms with E-state index in [4.69, 9.17) is 0 Å². The Morgan fingerprint density at radius 1 is 0.361 bits per heavy atom. The summed E-state index contributed by atoms with van der Waals surface area (Å²) in [7, 11) is 0. The molecule has 209 valence electrons. The van der Waals surface area contributed by atoms with E-state index in [2.05, 4.69) is 39.0 Å².